The Hall–Kier alpha value is -1.98. The molecule has 25 heavy (non-hydrogen) atoms. The van der Waals surface area contributed by atoms with Crippen molar-refractivity contribution in [3.8, 4) is 0 Å². The minimum atomic E-state index is -0.0282. The number of halogens is 1. The fraction of sp³-hybridized carbons (Fsp3) is 0.263. The molecule has 0 unspecified atom stereocenters. The number of anilines is 2. The average molecular weight is 375 g/mol. The van der Waals surface area contributed by atoms with Gasteiger partial charge < -0.3 is 10.2 Å². The molecule has 0 aromatic heterocycles. The van der Waals surface area contributed by atoms with Gasteiger partial charge in [0.25, 0.3) is 0 Å². The number of thioether (sulfide) groups is 1. The predicted octanol–water partition coefficient (Wildman–Crippen LogP) is 4.59. The molecule has 0 radical (unpaired) electrons. The van der Waals surface area contributed by atoms with Crippen LogP contribution in [0.1, 0.15) is 19.3 Å². The number of nitrogens with one attached hydrogen (secondary N) is 1. The number of amides is 2. The van der Waals surface area contributed by atoms with Crippen molar-refractivity contribution >= 4 is 46.6 Å². The molecule has 4 nitrogen and oxygen atoms in total. The normalized spacial score (nSPS) is 14.0. The summed E-state index contributed by atoms with van der Waals surface area (Å²) in [4.78, 5) is 26.6. The van der Waals surface area contributed by atoms with Crippen LogP contribution in [0, 0.1) is 0 Å². The van der Waals surface area contributed by atoms with Crippen LogP contribution >= 0.6 is 23.4 Å². The Morgan fingerprint density at radius 1 is 1.20 bits per heavy atom. The second kappa shape index (κ2) is 8.41. The molecule has 130 valence electrons. The summed E-state index contributed by atoms with van der Waals surface area (Å²) in [5.74, 6) is 0.821. The van der Waals surface area contributed by atoms with Gasteiger partial charge in [-0.3, -0.25) is 9.59 Å². The number of hydrogen-bond acceptors (Lipinski definition) is 3. The zero-order valence-electron chi connectivity index (χ0n) is 13.7. The lowest BCUT2D eigenvalue weighted by molar-refractivity contribution is -0.117. The topological polar surface area (TPSA) is 49.4 Å². The first-order chi connectivity index (χ1) is 12.1. The molecule has 1 fully saturated rings. The van der Waals surface area contributed by atoms with E-state index >= 15 is 0 Å². The average Bonchev–Trinajstić information content (AvgIpc) is 3.02. The summed E-state index contributed by atoms with van der Waals surface area (Å²) in [6.07, 6.45) is 1.94. The van der Waals surface area contributed by atoms with Crippen LogP contribution in [-0.4, -0.2) is 24.1 Å². The van der Waals surface area contributed by atoms with Gasteiger partial charge in [-0.05, 0) is 48.9 Å². The molecule has 1 heterocycles. The molecule has 0 bridgehead atoms. The van der Waals surface area contributed by atoms with E-state index in [-0.39, 0.29) is 11.8 Å². The second-order valence-electron chi connectivity index (χ2n) is 5.80. The van der Waals surface area contributed by atoms with Crippen LogP contribution in [0.15, 0.2) is 53.4 Å². The highest BCUT2D eigenvalue weighted by Crippen LogP contribution is 2.24. The minimum absolute atomic E-state index is 0.0282. The lowest BCUT2D eigenvalue weighted by Gasteiger charge is -2.16. The standard InChI is InChI=1S/C19H19ClN2O2S/c20-14-3-1-4-17(13-14)25-12-10-18(23)21-15-6-8-16(9-7-15)22-11-2-5-19(22)24/h1,3-4,6-9,13H,2,5,10-12H2,(H,21,23). The molecule has 0 aliphatic carbocycles. The molecule has 6 heteroatoms. The Labute approximate surface area is 156 Å². The molecule has 2 aromatic rings. The summed E-state index contributed by atoms with van der Waals surface area (Å²) in [6.45, 7) is 0.769. The first-order valence-electron chi connectivity index (χ1n) is 8.20. The van der Waals surface area contributed by atoms with E-state index in [1.54, 1.807) is 16.7 Å². The number of nitrogens with zero attached hydrogens (tertiary/aromatic N) is 1. The highest BCUT2D eigenvalue weighted by Gasteiger charge is 2.21. The summed E-state index contributed by atoms with van der Waals surface area (Å²) >= 11 is 7.55. The van der Waals surface area contributed by atoms with Gasteiger partial charge in [-0.2, -0.15) is 0 Å². The molecule has 0 atom stereocenters. The molecule has 0 saturated carbocycles. The zero-order valence-corrected chi connectivity index (χ0v) is 15.3. The van der Waals surface area contributed by atoms with Crippen molar-refractivity contribution in [3.05, 3.63) is 53.6 Å². The van der Waals surface area contributed by atoms with E-state index in [9.17, 15) is 9.59 Å². The van der Waals surface area contributed by atoms with Gasteiger partial charge in [0.15, 0.2) is 0 Å². The van der Waals surface area contributed by atoms with Gasteiger partial charge in [-0.25, -0.2) is 0 Å². The van der Waals surface area contributed by atoms with Gasteiger partial charge in [-0.1, -0.05) is 17.7 Å². The van der Waals surface area contributed by atoms with Crippen molar-refractivity contribution < 1.29 is 9.59 Å². The Morgan fingerprint density at radius 3 is 2.68 bits per heavy atom. The lowest BCUT2D eigenvalue weighted by Crippen LogP contribution is -2.23. The summed E-state index contributed by atoms with van der Waals surface area (Å²) < 4.78 is 0. The molecule has 2 aromatic carbocycles. The fourth-order valence-electron chi connectivity index (χ4n) is 2.69. The van der Waals surface area contributed by atoms with E-state index in [1.165, 1.54) is 0 Å². The van der Waals surface area contributed by atoms with Crippen molar-refractivity contribution in [2.45, 2.75) is 24.2 Å². The summed E-state index contributed by atoms with van der Waals surface area (Å²) in [5, 5.41) is 3.59. The van der Waals surface area contributed by atoms with Gasteiger partial charge in [-0.15, -0.1) is 11.8 Å². The Kier molecular flexibility index (Phi) is 6.00. The van der Waals surface area contributed by atoms with Crippen LogP contribution in [0.2, 0.25) is 5.02 Å². The van der Waals surface area contributed by atoms with Crippen molar-refractivity contribution in [3.63, 3.8) is 0 Å². The van der Waals surface area contributed by atoms with Gasteiger partial charge in [0, 0.05) is 46.4 Å². The minimum Gasteiger partial charge on any atom is -0.326 e. The third-order valence-electron chi connectivity index (χ3n) is 3.93. The molecule has 0 spiro atoms. The molecule has 1 aliphatic heterocycles. The maximum absolute atomic E-state index is 12.0. The van der Waals surface area contributed by atoms with Crippen LogP contribution in [0.25, 0.3) is 0 Å². The second-order valence-corrected chi connectivity index (χ2v) is 7.40. The number of carbonyl (C=O) groups excluding carboxylic acids is 2. The highest BCUT2D eigenvalue weighted by atomic mass is 35.5. The number of carbonyl (C=O) groups is 2. The predicted molar refractivity (Wildman–Crippen MR) is 103 cm³/mol. The Morgan fingerprint density at radius 2 is 2.00 bits per heavy atom. The van der Waals surface area contributed by atoms with Crippen LogP contribution in [0.5, 0.6) is 0 Å². The van der Waals surface area contributed by atoms with Crippen molar-refractivity contribution in [2.24, 2.45) is 0 Å². The first-order valence-corrected chi connectivity index (χ1v) is 9.57. The molecular formula is C19H19ClN2O2S. The van der Waals surface area contributed by atoms with Gasteiger partial charge in [0.2, 0.25) is 11.8 Å². The van der Waals surface area contributed by atoms with E-state index < -0.39 is 0 Å². The lowest BCUT2D eigenvalue weighted by atomic mass is 10.2. The monoisotopic (exact) mass is 374 g/mol. The Bertz CT molecular complexity index is 764. The molecule has 1 N–H and O–H groups in total. The van der Waals surface area contributed by atoms with Gasteiger partial charge in [0.1, 0.15) is 0 Å². The van der Waals surface area contributed by atoms with Crippen molar-refractivity contribution in [2.75, 3.05) is 22.5 Å². The SMILES string of the molecule is O=C(CCSc1cccc(Cl)c1)Nc1ccc(N2CCCC2=O)cc1. The van der Waals surface area contributed by atoms with Crippen molar-refractivity contribution in [1.82, 2.24) is 0 Å². The van der Waals surface area contributed by atoms with Crippen LogP contribution in [0.4, 0.5) is 11.4 Å². The quantitative estimate of drug-likeness (QED) is 0.752. The maximum atomic E-state index is 12.0. The van der Waals surface area contributed by atoms with Crippen molar-refractivity contribution in [1.29, 1.82) is 0 Å². The third kappa shape index (κ3) is 5.00. The van der Waals surface area contributed by atoms with Crippen LogP contribution in [0.3, 0.4) is 0 Å². The van der Waals surface area contributed by atoms with E-state index in [0.29, 0.717) is 23.6 Å². The molecule has 1 aliphatic rings. The van der Waals surface area contributed by atoms with E-state index in [2.05, 4.69) is 5.32 Å². The first kappa shape index (κ1) is 17.8. The summed E-state index contributed by atoms with van der Waals surface area (Å²) in [7, 11) is 0. The van der Waals surface area contributed by atoms with E-state index in [4.69, 9.17) is 11.6 Å². The zero-order chi connectivity index (χ0) is 17.6. The molecule has 2 amide bonds. The number of hydrogen-bond donors (Lipinski definition) is 1. The molecular weight excluding hydrogens is 356 g/mol. The van der Waals surface area contributed by atoms with Crippen LogP contribution in [-0.2, 0) is 9.59 Å². The highest BCUT2D eigenvalue weighted by molar-refractivity contribution is 7.99. The summed E-state index contributed by atoms with van der Waals surface area (Å²) in [5.41, 5.74) is 1.63. The Balaban J connectivity index is 1.47. The summed E-state index contributed by atoms with van der Waals surface area (Å²) in [6, 6.07) is 15.0. The third-order valence-corrected chi connectivity index (χ3v) is 5.16. The smallest absolute Gasteiger partial charge is 0.227 e. The number of benzene rings is 2. The molecule has 3 rings (SSSR count). The molecule has 1 saturated heterocycles. The largest absolute Gasteiger partial charge is 0.326 e. The maximum Gasteiger partial charge on any atom is 0.227 e. The van der Waals surface area contributed by atoms with Gasteiger partial charge >= 0.3 is 0 Å². The van der Waals surface area contributed by atoms with E-state index in [1.807, 2.05) is 48.5 Å². The van der Waals surface area contributed by atoms with Crippen LogP contribution < -0.4 is 10.2 Å². The van der Waals surface area contributed by atoms with Gasteiger partial charge in [0.05, 0.1) is 0 Å². The fourth-order valence-corrected chi connectivity index (χ4v) is 3.85. The van der Waals surface area contributed by atoms with E-state index in [0.717, 1.165) is 29.2 Å². The number of rotatable bonds is 6.